The van der Waals surface area contributed by atoms with Gasteiger partial charge in [-0.05, 0) is 19.9 Å². The van der Waals surface area contributed by atoms with E-state index in [2.05, 4.69) is 5.10 Å². The van der Waals surface area contributed by atoms with E-state index in [-0.39, 0.29) is 5.57 Å². The van der Waals surface area contributed by atoms with Crippen molar-refractivity contribution in [2.24, 2.45) is 7.05 Å². The molecule has 0 spiro atoms. The monoisotopic (exact) mass is 205 g/mol. The van der Waals surface area contributed by atoms with Crippen LogP contribution in [0.4, 0.5) is 0 Å². The van der Waals surface area contributed by atoms with Crippen molar-refractivity contribution in [3.63, 3.8) is 0 Å². The number of aryl methyl sites for hydroxylation is 2. The van der Waals surface area contributed by atoms with Crippen molar-refractivity contribution in [1.29, 1.82) is 5.26 Å². The number of carboxylic acid groups (broad SMARTS) is 1. The number of hydrogen-bond acceptors (Lipinski definition) is 3. The second kappa shape index (κ2) is 3.96. The first kappa shape index (κ1) is 11.0. The summed E-state index contributed by atoms with van der Waals surface area (Å²) in [5.74, 6) is -1.22. The molecule has 0 saturated heterocycles. The zero-order chi connectivity index (χ0) is 11.6. The molecule has 0 atom stereocenters. The predicted molar refractivity (Wildman–Crippen MR) is 53.9 cm³/mol. The van der Waals surface area contributed by atoms with Gasteiger partial charge in [-0.15, -0.1) is 0 Å². The van der Waals surface area contributed by atoms with Crippen molar-refractivity contribution in [2.75, 3.05) is 0 Å². The summed E-state index contributed by atoms with van der Waals surface area (Å²) in [4.78, 5) is 10.6. The summed E-state index contributed by atoms with van der Waals surface area (Å²) in [6.07, 6.45) is 1.35. The van der Waals surface area contributed by atoms with Gasteiger partial charge in [0.25, 0.3) is 0 Å². The van der Waals surface area contributed by atoms with Crippen LogP contribution in [-0.2, 0) is 11.8 Å². The van der Waals surface area contributed by atoms with Gasteiger partial charge in [-0.3, -0.25) is 4.68 Å². The Morgan fingerprint density at radius 1 is 1.60 bits per heavy atom. The number of nitrogens with zero attached hydrogens (tertiary/aromatic N) is 3. The van der Waals surface area contributed by atoms with Gasteiger partial charge in [0.1, 0.15) is 11.6 Å². The summed E-state index contributed by atoms with van der Waals surface area (Å²) in [7, 11) is 1.77. The fourth-order valence-corrected chi connectivity index (χ4v) is 1.29. The molecule has 1 heterocycles. The number of aromatic nitrogens is 2. The lowest BCUT2D eigenvalue weighted by Gasteiger charge is -1.95. The van der Waals surface area contributed by atoms with Gasteiger partial charge in [-0.2, -0.15) is 10.4 Å². The lowest BCUT2D eigenvalue weighted by molar-refractivity contribution is -0.132. The van der Waals surface area contributed by atoms with Crippen molar-refractivity contribution < 1.29 is 9.90 Å². The highest BCUT2D eigenvalue weighted by atomic mass is 16.4. The van der Waals surface area contributed by atoms with Gasteiger partial charge in [-0.1, -0.05) is 0 Å². The molecule has 78 valence electrons. The largest absolute Gasteiger partial charge is 0.477 e. The lowest BCUT2D eigenvalue weighted by Crippen LogP contribution is -1.98. The van der Waals surface area contributed by atoms with Crippen LogP contribution in [0.5, 0.6) is 0 Å². The highest BCUT2D eigenvalue weighted by Gasteiger charge is 2.11. The van der Waals surface area contributed by atoms with Crippen LogP contribution in [0, 0.1) is 25.2 Å². The van der Waals surface area contributed by atoms with Crippen LogP contribution in [0.1, 0.15) is 17.0 Å². The van der Waals surface area contributed by atoms with E-state index in [4.69, 9.17) is 10.4 Å². The van der Waals surface area contributed by atoms with Crippen LogP contribution < -0.4 is 0 Å². The first-order valence-corrected chi connectivity index (χ1v) is 4.32. The SMILES string of the molecule is Cc1nn(C)c(C)c1/C=C(\C#N)C(=O)O. The Balaban J connectivity index is 3.30. The van der Waals surface area contributed by atoms with Crippen LogP contribution in [0.2, 0.25) is 0 Å². The quantitative estimate of drug-likeness (QED) is 0.577. The molecule has 0 aliphatic carbocycles. The Labute approximate surface area is 87.3 Å². The Kier molecular flexibility index (Phi) is 2.90. The maximum atomic E-state index is 10.6. The number of aliphatic carboxylic acids is 1. The summed E-state index contributed by atoms with van der Waals surface area (Å²) in [5, 5.41) is 21.5. The van der Waals surface area contributed by atoms with Crippen molar-refractivity contribution in [3.05, 3.63) is 22.5 Å². The number of hydrogen-bond donors (Lipinski definition) is 1. The normalized spacial score (nSPS) is 11.2. The molecule has 5 nitrogen and oxygen atoms in total. The lowest BCUT2D eigenvalue weighted by atomic mass is 10.1. The number of carboxylic acids is 1. The average Bonchev–Trinajstić information content (AvgIpc) is 2.39. The van der Waals surface area contributed by atoms with Crippen LogP contribution >= 0.6 is 0 Å². The van der Waals surface area contributed by atoms with Gasteiger partial charge in [0.05, 0.1) is 5.69 Å². The molecular weight excluding hydrogens is 194 g/mol. The Bertz CT molecular complexity index is 478. The van der Waals surface area contributed by atoms with Gasteiger partial charge >= 0.3 is 5.97 Å². The predicted octanol–water partition coefficient (Wildman–Crippen LogP) is 1.03. The van der Waals surface area contributed by atoms with Crippen molar-refractivity contribution in [3.8, 4) is 6.07 Å². The molecule has 15 heavy (non-hydrogen) atoms. The van der Waals surface area contributed by atoms with Gasteiger partial charge in [0, 0.05) is 18.3 Å². The summed E-state index contributed by atoms with van der Waals surface area (Å²) in [5.41, 5.74) is 1.95. The number of nitriles is 1. The highest BCUT2D eigenvalue weighted by molar-refractivity contribution is 5.96. The van der Waals surface area contributed by atoms with Crippen LogP contribution in [0.15, 0.2) is 5.57 Å². The molecular formula is C10H11N3O2. The summed E-state index contributed by atoms with van der Waals surface area (Å²) >= 11 is 0. The molecule has 1 N–H and O–H groups in total. The maximum absolute atomic E-state index is 10.6. The molecule has 0 aromatic carbocycles. The molecule has 0 amide bonds. The van der Waals surface area contributed by atoms with Crippen LogP contribution in [0.25, 0.3) is 6.08 Å². The Morgan fingerprint density at radius 2 is 2.20 bits per heavy atom. The Hall–Kier alpha value is -2.09. The van der Waals surface area contributed by atoms with E-state index in [1.165, 1.54) is 6.08 Å². The molecule has 0 radical (unpaired) electrons. The number of carbonyl (C=O) groups is 1. The molecule has 1 aromatic heterocycles. The van der Waals surface area contributed by atoms with E-state index in [1.807, 2.05) is 6.92 Å². The molecule has 1 aromatic rings. The molecule has 0 aliphatic rings. The second-order valence-corrected chi connectivity index (χ2v) is 3.18. The summed E-state index contributed by atoms with van der Waals surface area (Å²) in [6, 6.07) is 1.64. The second-order valence-electron chi connectivity index (χ2n) is 3.18. The maximum Gasteiger partial charge on any atom is 0.346 e. The fourth-order valence-electron chi connectivity index (χ4n) is 1.29. The van der Waals surface area contributed by atoms with E-state index < -0.39 is 5.97 Å². The van der Waals surface area contributed by atoms with E-state index in [0.29, 0.717) is 11.3 Å². The molecule has 0 fully saturated rings. The van der Waals surface area contributed by atoms with E-state index in [0.717, 1.165) is 5.69 Å². The van der Waals surface area contributed by atoms with Crippen molar-refractivity contribution in [2.45, 2.75) is 13.8 Å². The molecule has 0 bridgehead atoms. The summed E-state index contributed by atoms with van der Waals surface area (Å²) < 4.78 is 1.65. The minimum absolute atomic E-state index is 0.283. The van der Waals surface area contributed by atoms with E-state index in [9.17, 15) is 4.79 Å². The molecule has 1 rings (SSSR count). The smallest absolute Gasteiger partial charge is 0.346 e. The average molecular weight is 205 g/mol. The molecule has 5 heteroatoms. The third-order valence-corrected chi connectivity index (χ3v) is 2.20. The first-order chi connectivity index (χ1) is 6.97. The Morgan fingerprint density at radius 3 is 2.53 bits per heavy atom. The van der Waals surface area contributed by atoms with Gasteiger partial charge in [0.2, 0.25) is 0 Å². The van der Waals surface area contributed by atoms with Gasteiger partial charge in [-0.25, -0.2) is 4.79 Å². The van der Waals surface area contributed by atoms with E-state index >= 15 is 0 Å². The van der Waals surface area contributed by atoms with Crippen LogP contribution in [-0.4, -0.2) is 20.9 Å². The third kappa shape index (κ3) is 2.05. The van der Waals surface area contributed by atoms with E-state index in [1.54, 1.807) is 24.7 Å². The fraction of sp³-hybridized carbons (Fsp3) is 0.300. The van der Waals surface area contributed by atoms with Crippen molar-refractivity contribution in [1.82, 2.24) is 9.78 Å². The zero-order valence-corrected chi connectivity index (χ0v) is 8.77. The van der Waals surface area contributed by atoms with Gasteiger partial charge < -0.3 is 5.11 Å². The minimum Gasteiger partial charge on any atom is -0.477 e. The molecule has 0 saturated carbocycles. The van der Waals surface area contributed by atoms with Gasteiger partial charge in [0.15, 0.2) is 0 Å². The van der Waals surface area contributed by atoms with Crippen molar-refractivity contribution >= 4 is 12.0 Å². The zero-order valence-electron chi connectivity index (χ0n) is 8.77. The standard InChI is InChI=1S/C10H11N3O2/c1-6-9(7(2)13(3)12-6)4-8(5-11)10(14)15/h4H,1-3H3,(H,14,15)/b8-4+. The number of rotatable bonds is 2. The minimum atomic E-state index is -1.22. The topological polar surface area (TPSA) is 78.9 Å². The van der Waals surface area contributed by atoms with Crippen LogP contribution in [0.3, 0.4) is 0 Å². The highest BCUT2D eigenvalue weighted by Crippen LogP contribution is 2.15. The third-order valence-electron chi connectivity index (χ3n) is 2.20. The first-order valence-electron chi connectivity index (χ1n) is 4.32. The summed E-state index contributed by atoms with van der Waals surface area (Å²) in [6.45, 7) is 3.60. The molecule has 0 unspecified atom stereocenters. The molecule has 0 aliphatic heterocycles.